The summed E-state index contributed by atoms with van der Waals surface area (Å²) >= 11 is 0. The van der Waals surface area contributed by atoms with Crippen LogP contribution in [0.1, 0.15) is 5.56 Å². The Bertz CT molecular complexity index is 681. The van der Waals surface area contributed by atoms with Crippen molar-refractivity contribution in [1.29, 1.82) is 0 Å². The van der Waals surface area contributed by atoms with Crippen molar-refractivity contribution in [3.8, 4) is 5.75 Å². The number of fused-ring (bicyclic) bond motifs is 1. The fourth-order valence-electron chi connectivity index (χ4n) is 1.52. The molecule has 92 valence electrons. The maximum Gasteiger partial charge on any atom is 0.199 e. The van der Waals surface area contributed by atoms with E-state index in [1.807, 2.05) is 0 Å². The minimum Gasteiger partial charge on any atom is -0.545 e. The molecule has 1 aromatic carbocycles. The van der Waals surface area contributed by atoms with E-state index in [1.54, 1.807) is 18.2 Å². The van der Waals surface area contributed by atoms with Crippen molar-refractivity contribution >= 4 is 23.0 Å². The van der Waals surface area contributed by atoms with E-state index in [4.69, 9.17) is 9.15 Å². The van der Waals surface area contributed by atoms with Gasteiger partial charge in [-0.2, -0.15) is 0 Å². The van der Waals surface area contributed by atoms with Crippen LogP contribution in [-0.2, 0) is 4.79 Å². The summed E-state index contributed by atoms with van der Waals surface area (Å²) in [7, 11) is 1.51. The van der Waals surface area contributed by atoms with Crippen LogP contribution in [0.4, 0.5) is 0 Å². The maximum absolute atomic E-state index is 12.0. The molecule has 0 saturated carbocycles. The summed E-state index contributed by atoms with van der Waals surface area (Å²) in [4.78, 5) is 22.3. The number of hydrogen-bond acceptors (Lipinski definition) is 5. The lowest BCUT2D eigenvalue weighted by Crippen LogP contribution is -2.18. The topological polar surface area (TPSA) is 79.6 Å². The van der Waals surface area contributed by atoms with Crippen molar-refractivity contribution in [3.63, 3.8) is 0 Å². The highest BCUT2D eigenvalue weighted by Gasteiger charge is 2.05. The Kier molecular flexibility index (Phi) is 3.14. The summed E-state index contributed by atoms with van der Waals surface area (Å²) in [5.41, 5.74) is 0.221. The summed E-state index contributed by atoms with van der Waals surface area (Å²) < 4.78 is 10.3. The lowest BCUT2D eigenvalue weighted by atomic mass is 10.1. The van der Waals surface area contributed by atoms with Gasteiger partial charge in [0.1, 0.15) is 17.6 Å². The molecule has 0 unspecified atom stereocenters. The predicted molar refractivity (Wildman–Crippen MR) is 63.1 cm³/mol. The van der Waals surface area contributed by atoms with E-state index in [0.29, 0.717) is 16.7 Å². The molecule has 0 aliphatic heterocycles. The Balaban J connectivity index is 2.58. The second-order valence-electron chi connectivity index (χ2n) is 3.53. The van der Waals surface area contributed by atoms with Gasteiger partial charge in [0.2, 0.25) is 0 Å². The number of benzene rings is 1. The Morgan fingerprint density at radius 1 is 1.44 bits per heavy atom. The van der Waals surface area contributed by atoms with E-state index in [-0.39, 0.29) is 11.0 Å². The van der Waals surface area contributed by atoms with E-state index >= 15 is 0 Å². The van der Waals surface area contributed by atoms with Crippen molar-refractivity contribution in [2.45, 2.75) is 0 Å². The average molecular weight is 245 g/mol. The first-order valence-electron chi connectivity index (χ1n) is 5.10. The summed E-state index contributed by atoms with van der Waals surface area (Å²) in [6.07, 6.45) is 3.12. The smallest absolute Gasteiger partial charge is 0.199 e. The Morgan fingerprint density at radius 2 is 2.22 bits per heavy atom. The molecular weight excluding hydrogens is 236 g/mol. The molecule has 0 amide bonds. The van der Waals surface area contributed by atoms with Gasteiger partial charge in [0.15, 0.2) is 5.43 Å². The van der Waals surface area contributed by atoms with Crippen molar-refractivity contribution in [2.75, 3.05) is 7.11 Å². The highest BCUT2D eigenvalue weighted by molar-refractivity contribution is 5.85. The monoisotopic (exact) mass is 245 g/mol. The van der Waals surface area contributed by atoms with Gasteiger partial charge in [-0.15, -0.1) is 0 Å². The first-order valence-corrected chi connectivity index (χ1v) is 5.10. The van der Waals surface area contributed by atoms with Crippen LogP contribution in [0.5, 0.6) is 5.75 Å². The number of rotatable bonds is 3. The first-order chi connectivity index (χ1) is 8.61. The van der Waals surface area contributed by atoms with Gasteiger partial charge in [0, 0.05) is 6.07 Å². The van der Waals surface area contributed by atoms with E-state index in [2.05, 4.69) is 0 Å². The molecule has 2 rings (SSSR count). The molecule has 5 nitrogen and oxygen atoms in total. The van der Waals surface area contributed by atoms with Crippen LogP contribution < -0.4 is 15.3 Å². The Morgan fingerprint density at radius 3 is 2.89 bits per heavy atom. The van der Waals surface area contributed by atoms with Gasteiger partial charge in [-0.25, -0.2) is 0 Å². The summed E-state index contributed by atoms with van der Waals surface area (Å²) in [6.45, 7) is 0. The Hall–Kier alpha value is -2.56. The largest absolute Gasteiger partial charge is 0.545 e. The van der Waals surface area contributed by atoms with E-state index in [0.717, 1.165) is 12.2 Å². The molecule has 0 saturated heterocycles. The number of carboxylic acids is 1. The third-order valence-electron chi connectivity index (χ3n) is 2.41. The van der Waals surface area contributed by atoms with Gasteiger partial charge in [-0.1, -0.05) is 0 Å². The van der Waals surface area contributed by atoms with Gasteiger partial charge in [0.05, 0.1) is 24.0 Å². The highest BCUT2D eigenvalue weighted by Crippen LogP contribution is 2.18. The van der Waals surface area contributed by atoms with E-state index < -0.39 is 5.97 Å². The van der Waals surface area contributed by atoms with Crippen LogP contribution in [0.25, 0.3) is 17.0 Å². The fourth-order valence-corrected chi connectivity index (χ4v) is 1.52. The summed E-state index contributed by atoms with van der Waals surface area (Å²) in [5.74, 6) is -0.798. The SMILES string of the molecule is COc1ccc2c(=O)c(/C=C/C(=O)[O-])coc2c1. The van der Waals surface area contributed by atoms with Crippen LogP contribution in [-0.4, -0.2) is 13.1 Å². The molecular formula is C13H9O5-. The molecule has 0 atom stereocenters. The summed E-state index contributed by atoms with van der Waals surface area (Å²) in [5, 5.41) is 10.6. The minimum atomic E-state index is -1.37. The zero-order valence-corrected chi connectivity index (χ0v) is 9.51. The van der Waals surface area contributed by atoms with Crippen molar-refractivity contribution in [1.82, 2.24) is 0 Å². The van der Waals surface area contributed by atoms with E-state index in [1.165, 1.54) is 13.4 Å². The molecule has 0 spiro atoms. The molecule has 18 heavy (non-hydrogen) atoms. The number of ether oxygens (including phenoxy) is 1. The number of hydrogen-bond donors (Lipinski definition) is 0. The van der Waals surface area contributed by atoms with Crippen molar-refractivity contribution in [2.24, 2.45) is 0 Å². The lowest BCUT2D eigenvalue weighted by Gasteiger charge is -2.02. The molecule has 5 heteroatoms. The van der Waals surface area contributed by atoms with Crippen LogP contribution in [0.2, 0.25) is 0 Å². The molecule has 1 aromatic heterocycles. The van der Waals surface area contributed by atoms with Crippen LogP contribution in [0.15, 0.2) is 39.7 Å². The molecule has 1 heterocycles. The van der Waals surface area contributed by atoms with Crippen LogP contribution in [0, 0.1) is 0 Å². The molecule has 0 bridgehead atoms. The first kappa shape index (κ1) is 11.9. The standard InChI is InChI=1S/C13H10O5/c1-17-9-3-4-10-11(6-9)18-7-8(13(10)16)2-5-12(14)15/h2-7H,1H3,(H,14,15)/p-1/b5-2+. The number of carbonyl (C=O) groups is 1. The molecule has 0 fully saturated rings. The zero-order chi connectivity index (χ0) is 13.1. The second kappa shape index (κ2) is 4.75. The number of methoxy groups -OCH3 is 1. The summed E-state index contributed by atoms with van der Waals surface area (Å²) in [6, 6.07) is 4.78. The molecule has 0 radical (unpaired) electrons. The number of carbonyl (C=O) groups excluding carboxylic acids is 1. The predicted octanol–water partition coefficient (Wildman–Crippen LogP) is 0.565. The van der Waals surface area contributed by atoms with Gasteiger partial charge in [-0.3, -0.25) is 4.79 Å². The molecule has 0 N–H and O–H groups in total. The van der Waals surface area contributed by atoms with Gasteiger partial charge in [-0.05, 0) is 24.3 Å². The van der Waals surface area contributed by atoms with Gasteiger partial charge in [0.25, 0.3) is 0 Å². The van der Waals surface area contributed by atoms with Crippen LogP contribution >= 0.6 is 0 Å². The Labute approximate surface area is 102 Å². The number of carboxylic acid groups (broad SMARTS) is 1. The lowest BCUT2D eigenvalue weighted by molar-refractivity contribution is -0.297. The van der Waals surface area contributed by atoms with Crippen molar-refractivity contribution in [3.05, 3.63) is 46.3 Å². The fraction of sp³-hybridized carbons (Fsp3) is 0.0769. The van der Waals surface area contributed by atoms with Crippen LogP contribution in [0.3, 0.4) is 0 Å². The normalized spacial score (nSPS) is 10.9. The maximum atomic E-state index is 12.0. The highest BCUT2D eigenvalue weighted by atomic mass is 16.5. The minimum absolute atomic E-state index is 0.150. The quantitative estimate of drug-likeness (QED) is 0.738. The average Bonchev–Trinajstić information content (AvgIpc) is 2.37. The second-order valence-corrected chi connectivity index (χ2v) is 3.53. The zero-order valence-electron chi connectivity index (χ0n) is 9.51. The molecule has 2 aromatic rings. The van der Waals surface area contributed by atoms with Gasteiger partial charge < -0.3 is 19.1 Å². The molecule has 0 aliphatic carbocycles. The number of aliphatic carboxylic acids is 1. The molecule has 0 aliphatic rings. The van der Waals surface area contributed by atoms with E-state index in [9.17, 15) is 14.7 Å². The third-order valence-corrected chi connectivity index (χ3v) is 2.41. The third kappa shape index (κ3) is 2.24. The van der Waals surface area contributed by atoms with Crippen molar-refractivity contribution < 1.29 is 19.1 Å². The van der Waals surface area contributed by atoms with Gasteiger partial charge >= 0.3 is 0 Å².